The predicted octanol–water partition coefficient (Wildman–Crippen LogP) is 7.26. The fourth-order valence-electron chi connectivity index (χ4n) is 4.66. The second-order valence-electron chi connectivity index (χ2n) is 10.8. The monoisotopic (exact) mass is 654 g/mol. The van der Waals surface area contributed by atoms with Crippen molar-refractivity contribution < 1.29 is 13.3 Å². The van der Waals surface area contributed by atoms with E-state index in [0.29, 0.717) is 22.7 Å². The molecule has 0 heterocycles. The van der Waals surface area contributed by atoms with Gasteiger partial charge in [0.05, 0.1) is 27.6 Å². The molecule has 0 aliphatic carbocycles. The highest BCUT2D eigenvalue weighted by atomic mass is 32.2. The number of nitrogens with two attached hydrogens (primary N) is 6. The van der Waals surface area contributed by atoms with E-state index in [1.54, 1.807) is 30.3 Å². The summed E-state index contributed by atoms with van der Waals surface area (Å²) < 4.78 is 29.6. The van der Waals surface area contributed by atoms with Gasteiger partial charge in [0.15, 0.2) is 0 Å². The zero-order valence-electron chi connectivity index (χ0n) is 25.5. The molecule has 0 aliphatic heterocycles. The third kappa shape index (κ3) is 7.76. The first-order valence-electron chi connectivity index (χ1n) is 14.0. The molecule has 9 nitrogen and oxygen atoms in total. The van der Waals surface area contributed by atoms with Crippen LogP contribution in [0.25, 0.3) is 32.7 Å². The van der Waals surface area contributed by atoms with Crippen LogP contribution in [0.4, 0.5) is 34.1 Å². The number of hydrogen-bond acceptors (Lipinski definition) is 9. The molecule has 1 unspecified atom stereocenters. The smallest absolute Gasteiger partial charge is 0.104 e. The zero-order chi connectivity index (χ0) is 33.8. The van der Waals surface area contributed by atoms with E-state index in [1.165, 1.54) is 17.2 Å². The van der Waals surface area contributed by atoms with Crippen LogP contribution >= 0.6 is 12.0 Å². The van der Waals surface area contributed by atoms with E-state index in [9.17, 15) is 8.76 Å². The van der Waals surface area contributed by atoms with E-state index >= 15 is 0 Å². The fraction of sp³-hybridized carbons (Fsp3) is 0.0571. The Morgan fingerprint density at radius 3 is 1.46 bits per heavy atom. The zero-order valence-corrected chi connectivity index (χ0v) is 27.2. The van der Waals surface area contributed by atoms with Gasteiger partial charge in [-0.25, -0.2) is 4.21 Å². The van der Waals surface area contributed by atoms with E-state index in [2.05, 4.69) is 18.0 Å². The summed E-state index contributed by atoms with van der Waals surface area (Å²) in [5.74, 6) is 3.21. The minimum Gasteiger partial charge on any atom is -0.399 e. The number of nitrogen functional groups attached to an aromatic ring is 6. The number of hydrogen-bond donors (Lipinski definition) is 8. The van der Waals surface area contributed by atoms with Crippen molar-refractivity contribution >= 4 is 83.4 Å². The SMILES string of the molecule is C=S(=O)(O)c1ccc2c(N)c(N)ccc2c1.Cc1cc(-c2ccc(N)c(C)c2)ccc1N.Nc1ccc2cc(SO)ccc2c1N. The molecule has 0 bridgehead atoms. The lowest BCUT2D eigenvalue weighted by Gasteiger charge is -2.07. The van der Waals surface area contributed by atoms with E-state index in [4.69, 9.17) is 39.0 Å². The minimum absolute atomic E-state index is 0.282. The van der Waals surface area contributed by atoms with Crippen molar-refractivity contribution in [1.82, 2.24) is 0 Å². The topological polar surface area (TPSA) is 214 Å². The van der Waals surface area contributed by atoms with Crippen molar-refractivity contribution in [2.45, 2.75) is 23.6 Å². The highest BCUT2D eigenvalue weighted by Crippen LogP contribution is 2.30. The van der Waals surface area contributed by atoms with Crippen LogP contribution in [-0.2, 0) is 9.80 Å². The molecule has 238 valence electrons. The highest BCUT2D eigenvalue weighted by molar-refractivity contribution is 7.95. The van der Waals surface area contributed by atoms with Crippen molar-refractivity contribution in [3.63, 3.8) is 0 Å². The van der Waals surface area contributed by atoms with Gasteiger partial charge in [-0.3, -0.25) is 0 Å². The maximum absolute atomic E-state index is 11.4. The molecule has 0 aliphatic rings. The minimum atomic E-state index is -3.19. The Kier molecular flexibility index (Phi) is 10.2. The van der Waals surface area contributed by atoms with Gasteiger partial charge in [0.25, 0.3) is 0 Å². The van der Waals surface area contributed by atoms with Gasteiger partial charge in [-0.15, -0.1) is 0 Å². The quantitative estimate of drug-likeness (QED) is 0.0543. The molecule has 6 rings (SSSR count). The van der Waals surface area contributed by atoms with Crippen LogP contribution in [0.5, 0.6) is 0 Å². The maximum Gasteiger partial charge on any atom is 0.104 e. The van der Waals surface area contributed by atoms with Gasteiger partial charge in [-0.1, -0.05) is 36.4 Å². The molecule has 6 aromatic carbocycles. The summed E-state index contributed by atoms with van der Waals surface area (Å²) >= 11 is 0.722. The lowest BCUT2D eigenvalue weighted by Crippen LogP contribution is -1.99. The van der Waals surface area contributed by atoms with Gasteiger partial charge < -0.3 is 43.5 Å². The number of rotatable bonds is 3. The Bertz CT molecular complexity index is 2120. The summed E-state index contributed by atoms with van der Waals surface area (Å²) in [6.07, 6.45) is 0. The Labute approximate surface area is 273 Å². The molecule has 0 fully saturated rings. The Morgan fingerprint density at radius 1 is 0.587 bits per heavy atom. The molecule has 11 heteroatoms. The first-order valence-corrected chi connectivity index (χ1v) is 16.4. The van der Waals surface area contributed by atoms with Crippen molar-refractivity contribution in [2.75, 3.05) is 34.4 Å². The van der Waals surface area contributed by atoms with Crippen molar-refractivity contribution in [3.05, 3.63) is 108 Å². The van der Waals surface area contributed by atoms with Gasteiger partial charge in [-0.05, 0) is 113 Å². The molecule has 0 saturated heterocycles. The lowest BCUT2D eigenvalue weighted by molar-refractivity contribution is 0.560. The second-order valence-corrected chi connectivity index (χ2v) is 13.2. The molecule has 0 amide bonds. The Hall–Kier alpha value is -5.07. The number of aryl methyl sites for hydroxylation is 2. The molecular formula is C35H38N6O3S2. The summed E-state index contributed by atoms with van der Waals surface area (Å²) in [5.41, 5.74) is 42.9. The lowest BCUT2D eigenvalue weighted by atomic mass is 10.0. The second kappa shape index (κ2) is 13.9. The van der Waals surface area contributed by atoms with Gasteiger partial charge in [0.1, 0.15) is 9.80 Å². The molecule has 0 saturated carbocycles. The largest absolute Gasteiger partial charge is 0.399 e. The average Bonchev–Trinajstić information content (AvgIpc) is 3.03. The molecular weight excluding hydrogens is 617 g/mol. The van der Waals surface area contributed by atoms with E-state index in [0.717, 1.165) is 61.0 Å². The van der Waals surface area contributed by atoms with Gasteiger partial charge in [0.2, 0.25) is 0 Å². The Balaban J connectivity index is 0.000000157. The van der Waals surface area contributed by atoms with Crippen LogP contribution < -0.4 is 34.4 Å². The van der Waals surface area contributed by atoms with Crippen LogP contribution in [0.2, 0.25) is 0 Å². The van der Waals surface area contributed by atoms with Crippen molar-refractivity contribution in [1.29, 1.82) is 0 Å². The molecule has 0 aromatic heterocycles. The third-order valence-corrected chi connectivity index (χ3v) is 8.94. The van der Waals surface area contributed by atoms with Crippen LogP contribution in [0.1, 0.15) is 11.1 Å². The molecule has 1 atom stereocenters. The first-order chi connectivity index (χ1) is 21.7. The number of anilines is 6. The molecule has 0 spiro atoms. The number of fused-ring (bicyclic) bond motifs is 2. The third-order valence-electron chi connectivity index (χ3n) is 7.48. The van der Waals surface area contributed by atoms with Gasteiger partial charge in [-0.2, -0.15) is 0 Å². The summed E-state index contributed by atoms with van der Waals surface area (Å²) in [6, 6.07) is 29.6. The van der Waals surface area contributed by atoms with E-state index < -0.39 is 9.80 Å². The Morgan fingerprint density at radius 2 is 1.02 bits per heavy atom. The molecule has 6 aromatic rings. The van der Waals surface area contributed by atoms with Crippen LogP contribution in [0, 0.1) is 13.8 Å². The average molecular weight is 655 g/mol. The van der Waals surface area contributed by atoms with E-state index in [-0.39, 0.29) is 4.90 Å². The van der Waals surface area contributed by atoms with Crippen LogP contribution in [0.3, 0.4) is 0 Å². The van der Waals surface area contributed by atoms with Gasteiger partial charge in [0, 0.05) is 39.1 Å². The summed E-state index contributed by atoms with van der Waals surface area (Å²) in [7, 11) is -3.19. The summed E-state index contributed by atoms with van der Waals surface area (Å²) in [6.45, 7) is 4.03. The van der Waals surface area contributed by atoms with Crippen molar-refractivity contribution in [2.24, 2.45) is 0 Å². The van der Waals surface area contributed by atoms with Gasteiger partial charge >= 0.3 is 0 Å². The standard InChI is InChI=1S/C14H16N2.C11H12N2O2S.C10H10N2OS/c1-9-7-11(3-5-13(9)15)12-4-6-14(16)10(2)8-12;1-16(14,15)8-3-4-9-7(6-8)2-5-10(12)11(9)13;11-9-4-1-6-5-7(14-13)2-3-8(6)10(9)12/h3-8H,15-16H2,1-2H3;2-6H,1,12-13H2,(H,14,15);1-5,13H,11-12H2. The predicted molar refractivity (Wildman–Crippen MR) is 200 cm³/mol. The van der Waals surface area contributed by atoms with Crippen molar-refractivity contribution in [3.8, 4) is 11.1 Å². The highest BCUT2D eigenvalue weighted by Gasteiger charge is 2.07. The molecule has 14 N–H and O–H groups in total. The number of benzene rings is 6. The van der Waals surface area contributed by atoms with Crippen LogP contribution in [-0.4, -0.2) is 19.2 Å². The fourth-order valence-corrected chi connectivity index (χ4v) is 5.56. The summed E-state index contributed by atoms with van der Waals surface area (Å²) in [4.78, 5) is 1.07. The molecule has 0 radical (unpaired) electrons. The van der Waals surface area contributed by atoms with E-state index in [1.807, 2.05) is 62.4 Å². The van der Waals surface area contributed by atoms with Crippen LogP contribution in [0.15, 0.2) is 107 Å². The summed E-state index contributed by atoms with van der Waals surface area (Å²) in [5, 5.41) is 3.44. The first kappa shape index (κ1) is 33.8. The molecule has 46 heavy (non-hydrogen) atoms. The normalized spacial score (nSPS) is 12.0. The maximum atomic E-state index is 11.4.